The van der Waals surface area contributed by atoms with Crippen molar-refractivity contribution in [1.82, 2.24) is 4.90 Å². The smallest absolute Gasteiger partial charge is 0.129 e. The minimum atomic E-state index is -0.0606. The van der Waals surface area contributed by atoms with E-state index in [1.54, 1.807) is 0 Å². The number of aliphatic imine (C=N–C) groups is 1. The second kappa shape index (κ2) is 6.03. The molecule has 3 aromatic carbocycles. The summed E-state index contributed by atoms with van der Waals surface area (Å²) in [6.07, 6.45) is 0.968. The van der Waals surface area contributed by atoms with E-state index in [9.17, 15) is 0 Å². The molecule has 3 aromatic rings. The molecule has 0 unspecified atom stereocenters. The van der Waals surface area contributed by atoms with Gasteiger partial charge in [0.2, 0.25) is 0 Å². The highest BCUT2D eigenvalue weighted by atomic mass is 15.3. The number of hydrogen-bond acceptors (Lipinski definition) is 2. The Morgan fingerprint density at radius 1 is 0.920 bits per heavy atom. The van der Waals surface area contributed by atoms with Crippen molar-refractivity contribution < 1.29 is 0 Å². The Hall–Kier alpha value is -2.61. The molecule has 2 atom stereocenters. The summed E-state index contributed by atoms with van der Waals surface area (Å²) in [5, 5.41) is 2.63. The van der Waals surface area contributed by atoms with Crippen LogP contribution < -0.4 is 0 Å². The molecule has 0 amide bonds. The minimum Gasteiger partial charge on any atom is -0.355 e. The summed E-state index contributed by atoms with van der Waals surface area (Å²) in [6.45, 7) is 4.51. The molecular formula is C23H24N2. The maximum atomic E-state index is 4.85. The first-order chi connectivity index (χ1) is 12.1. The minimum absolute atomic E-state index is 0.0606. The fourth-order valence-electron chi connectivity index (χ4n) is 3.78. The molecular weight excluding hydrogens is 304 g/mol. The highest BCUT2D eigenvalue weighted by Crippen LogP contribution is 2.37. The van der Waals surface area contributed by atoms with Crippen molar-refractivity contribution in [2.75, 3.05) is 7.05 Å². The van der Waals surface area contributed by atoms with Crippen LogP contribution in [0.15, 0.2) is 77.8 Å². The van der Waals surface area contributed by atoms with Gasteiger partial charge in [0.1, 0.15) is 11.4 Å². The molecule has 0 N–H and O–H groups in total. The zero-order chi connectivity index (χ0) is 17.4. The van der Waals surface area contributed by atoms with Gasteiger partial charge in [0, 0.05) is 13.5 Å². The first-order valence-electron chi connectivity index (χ1n) is 8.93. The van der Waals surface area contributed by atoms with E-state index in [0.29, 0.717) is 6.04 Å². The van der Waals surface area contributed by atoms with E-state index in [1.165, 1.54) is 27.7 Å². The van der Waals surface area contributed by atoms with E-state index < -0.39 is 0 Å². The standard InChI is InChI=1S/C23H24N2/c1-17(20-15-9-13-19-12-7-8-14-21(19)20)25(3)22-23(2,24-22)16-18-10-5-4-6-11-18/h4-15,17H,16H2,1-3H3/t17-,23-/m1/s1. The van der Waals surface area contributed by atoms with Crippen LogP contribution in [0.5, 0.6) is 0 Å². The van der Waals surface area contributed by atoms with Crippen molar-refractivity contribution >= 4 is 16.6 Å². The second-order valence-corrected chi connectivity index (χ2v) is 7.23. The van der Waals surface area contributed by atoms with Gasteiger partial charge in [-0.1, -0.05) is 72.8 Å². The first-order valence-corrected chi connectivity index (χ1v) is 8.93. The van der Waals surface area contributed by atoms with Crippen LogP contribution in [-0.2, 0) is 6.42 Å². The number of hydrogen-bond donors (Lipinski definition) is 0. The Balaban J connectivity index is 1.55. The predicted molar refractivity (Wildman–Crippen MR) is 106 cm³/mol. The van der Waals surface area contributed by atoms with Gasteiger partial charge in [0.15, 0.2) is 0 Å². The van der Waals surface area contributed by atoms with E-state index in [4.69, 9.17) is 4.99 Å². The number of likely N-dealkylation sites (N-methyl/N-ethyl adjacent to an activating group) is 1. The van der Waals surface area contributed by atoms with E-state index >= 15 is 0 Å². The lowest BCUT2D eigenvalue weighted by Crippen LogP contribution is -2.33. The van der Waals surface area contributed by atoms with Crippen molar-refractivity contribution in [3.63, 3.8) is 0 Å². The Kier molecular flexibility index (Phi) is 3.84. The van der Waals surface area contributed by atoms with Crippen LogP contribution in [0.4, 0.5) is 0 Å². The van der Waals surface area contributed by atoms with Crippen LogP contribution in [0, 0.1) is 0 Å². The lowest BCUT2D eigenvalue weighted by molar-refractivity contribution is 0.401. The molecule has 0 aliphatic carbocycles. The van der Waals surface area contributed by atoms with Crippen molar-refractivity contribution in [2.24, 2.45) is 4.99 Å². The maximum Gasteiger partial charge on any atom is 0.129 e. The van der Waals surface area contributed by atoms with Crippen LogP contribution in [0.25, 0.3) is 10.8 Å². The third kappa shape index (κ3) is 2.93. The molecule has 0 bridgehead atoms. The van der Waals surface area contributed by atoms with Gasteiger partial charge in [-0.25, -0.2) is 0 Å². The van der Waals surface area contributed by atoms with Gasteiger partial charge >= 0.3 is 0 Å². The van der Waals surface area contributed by atoms with E-state index in [1.807, 2.05) is 0 Å². The molecule has 0 radical (unpaired) electrons. The van der Waals surface area contributed by atoms with Crippen LogP contribution in [0.2, 0.25) is 0 Å². The zero-order valence-corrected chi connectivity index (χ0v) is 15.1. The molecule has 0 fully saturated rings. The summed E-state index contributed by atoms with van der Waals surface area (Å²) in [5.74, 6) is 1.21. The lowest BCUT2D eigenvalue weighted by Gasteiger charge is -2.27. The van der Waals surface area contributed by atoms with Gasteiger partial charge in [-0.15, -0.1) is 0 Å². The Bertz CT molecular complexity index is 924. The fraction of sp³-hybridized carbons (Fsp3) is 0.261. The fourth-order valence-corrected chi connectivity index (χ4v) is 3.78. The molecule has 1 aliphatic heterocycles. The zero-order valence-electron chi connectivity index (χ0n) is 15.1. The van der Waals surface area contributed by atoms with Gasteiger partial charge in [0.25, 0.3) is 0 Å². The molecule has 25 heavy (non-hydrogen) atoms. The van der Waals surface area contributed by atoms with Crippen molar-refractivity contribution in [1.29, 1.82) is 0 Å². The predicted octanol–water partition coefficient (Wildman–Crippen LogP) is 5.25. The normalized spacial score (nSPS) is 20.2. The molecule has 0 saturated carbocycles. The average Bonchev–Trinajstić information content (AvgIpc) is 3.31. The summed E-state index contributed by atoms with van der Waals surface area (Å²) in [6, 6.07) is 26.1. The molecule has 1 heterocycles. The van der Waals surface area contributed by atoms with Gasteiger partial charge in [-0.05, 0) is 35.7 Å². The quantitative estimate of drug-likeness (QED) is 0.639. The van der Waals surface area contributed by atoms with E-state index in [0.717, 1.165) is 6.42 Å². The van der Waals surface area contributed by atoms with Gasteiger partial charge in [-0.2, -0.15) is 0 Å². The molecule has 0 aromatic heterocycles. The summed E-state index contributed by atoms with van der Waals surface area (Å²) in [5.41, 5.74) is 2.64. The monoisotopic (exact) mass is 328 g/mol. The number of benzene rings is 3. The number of nitrogens with zero attached hydrogens (tertiary/aromatic N) is 2. The molecule has 126 valence electrons. The summed E-state index contributed by atoms with van der Waals surface area (Å²) in [7, 11) is 2.17. The van der Waals surface area contributed by atoms with E-state index in [-0.39, 0.29) is 5.54 Å². The van der Waals surface area contributed by atoms with Crippen molar-refractivity contribution in [3.8, 4) is 0 Å². The van der Waals surface area contributed by atoms with Crippen LogP contribution in [0.1, 0.15) is 31.0 Å². The summed E-state index contributed by atoms with van der Waals surface area (Å²) in [4.78, 5) is 7.19. The molecule has 0 spiro atoms. The molecule has 1 aliphatic rings. The Morgan fingerprint density at radius 2 is 1.60 bits per heavy atom. The second-order valence-electron chi connectivity index (χ2n) is 7.23. The largest absolute Gasteiger partial charge is 0.355 e. The summed E-state index contributed by atoms with van der Waals surface area (Å²) < 4.78 is 0. The van der Waals surface area contributed by atoms with Crippen LogP contribution in [-0.4, -0.2) is 23.3 Å². The number of amidine groups is 1. The topological polar surface area (TPSA) is 15.6 Å². The first kappa shape index (κ1) is 15.9. The van der Waals surface area contributed by atoms with Gasteiger partial charge < -0.3 is 4.90 Å². The SMILES string of the molecule is C[C@H](c1cccc2ccccc12)N(C)C1=N[C@]1(C)Cc1ccccc1. The van der Waals surface area contributed by atoms with Gasteiger partial charge in [-0.3, -0.25) is 4.99 Å². The molecule has 2 heteroatoms. The third-order valence-electron chi connectivity index (χ3n) is 5.36. The van der Waals surface area contributed by atoms with Crippen LogP contribution in [0.3, 0.4) is 0 Å². The van der Waals surface area contributed by atoms with E-state index in [2.05, 4.69) is 98.6 Å². The highest BCUT2D eigenvalue weighted by molar-refractivity contribution is 6.03. The Morgan fingerprint density at radius 3 is 2.40 bits per heavy atom. The van der Waals surface area contributed by atoms with Gasteiger partial charge in [0.05, 0.1) is 6.04 Å². The van der Waals surface area contributed by atoms with Crippen molar-refractivity contribution in [2.45, 2.75) is 31.8 Å². The molecule has 4 rings (SSSR count). The third-order valence-corrected chi connectivity index (χ3v) is 5.36. The average molecular weight is 328 g/mol. The van der Waals surface area contributed by atoms with Crippen LogP contribution >= 0.6 is 0 Å². The highest BCUT2D eigenvalue weighted by Gasteiger charge is 2.46. The Labute approximate surface area is 149 Å². The number of fused-ring (bicyclic) bond motifs is 1. The van der Waals surface area contributed by atoms with Crippen molar-refractivity contribution in [3.05, 3.63) is 83.9 Å². The molecule has 0 saturated heterocycles. The molecule has 2 nitrogen and oxygen atoms in total. The number of rotatable bonds is 4. The lowest BCUT2D eigenvalue weighted by atomic mass is 9.96. The maximum absolute atomic E-state index is 4.85. The summed E-state index contributed by atoms with van der Waals surface area (Å²) >= 11 is 0.